The number of aliphatic hydroxyl groups excluding tert-OH is 3. The van der Waals surface area contributed by atoms with Crippen LogP contribution < -0.4 is 5.32 Å². The average molecular weight is 504 g/mol. The van der Waals surface area contributed by atoms with Crippen LogP contribution in [0.5, 0.6) is 0 Å². The lowest BCUT2D eigenvalue weighted by Crippen LogP contribution is -2.71. The highest BCUT2D eigenvalue weighted by molar-refractivity contribution is 5.75. The number of rotatable bonds is 13. The van der Waals surface area contributed by atoms with Crippen molar-refractivity contribution in [1.82, 2.24) is 5.32 Å². The molecule has 6 N–H and O–H groups in total. The summed E-state index contributed by atoms with van der Waals surface area (Å²) in [5.74, 6) is -2.44. The molecule has 1 saturated heterocycles. The molecule has 0 radical (unpaired) electrons. The van der Waals surface area contributed by atoms with Gasteiger partial charge in [-0.2, -0.15) is 0 Å². The molecule has 1 aliphatic heterocycles. The minimum atomic E-state index is -2.67. The van der Waals surface area contributed by atoms with Gasteiger partial charge in [-0.15, -0.1) is 0 Å². The summed E-state index contributed by atoms with van der Waals surface area (Å²) in [6.45, 7) is 1.06. The van der Waals surface area contributed by atoms with Gasteiger partial charge in [0.05, 0.1) is 45.2 Å². The van der Waals surface area contributed by atoms with Crippen LogP contribution in [-0.2, 0) is 23.7 Å². The maximum Gasteiger partial charge on any atom is 0.364 e. The molecule has 5 rings (SSSR count). The zero-order valence-corrected chi connectivity index (χ0v) is 20.4. The predicted molar refractivity (Wildman–Crippen MR) is 121 cm³/mol. The van der Waals surface area contributed by atoms with Gasteiger partial charge in [-0.3, -0.25) is 0 Å². The van der Waals surface area contributed by atoms with E-state index in [1.807, 2.05) is 0 Å². The van der Waals surface area contributed by atoms with Crippen LogP contribution in [0.15, 0.2) is 0 Å². The van der Waals surface area contributed by atoms with E-state index in [-0.39, 0.29) is 25.4 Å². The number of aliphatic carboxylic acids is 1. The number of carboxylic acids is 1. The second kappa shape index (κ2) is 11.2. The third-order valence-corrected chi connectivity index (χ3v) is 8.25. The van der Waals surface area contributed by atoms with Crippen LogP contribution in [0, 0.1) is 17.8 Å². The molecule has 5 fully saturated rings. The van der Waals surface area contributed by atoms with E-state index in [9.17, 15) is 30.3 Å². The number of nitrogens with one attached hydrogen (secondary N) is 1. The molecule has 5 aliphatic rings. The number of carbonyl (C=O) groups is 1. The maximum absolute atomic E-state index is 11.7. The van der Waals surface area contributed by atoms with Crippen molar-refractivity contribution < 1.29 is 49.3 Å². The molecule has 6 atom stereocenters. The van der Waals surface area contributed by atoms with Gasteiger partial charge in [0, 0.05) is 19.1 Å². The molecule has 1 heterocycles. The van der Waals surface area contributed by atoms with Crippen LogP contribution >= 0.6 is 0 Å². The number of hydrogen-bond acceptors (Lipinski definition) is 10. The van der Waals surface area contributed by atoms with E-state index in [0.717, 1.165) is 19.3 Å². The minimum absolute atomic E-state index is 0.176. The monoisotopic (exact) mass is 503 g/mol. The standard InChI is InChI=1S/C24H41NO10/c1-32-2-3-33-4-5-34-13-18(27)20(28)21-19(17(26)12-24(31,35-21)22(29)30)25-23-9-14-6-15(10-23)8-16(7-14)11-23/h14-21,25-28,31H,2-13H2,1H3,(H,29,30)/t14?,15?,16?,17-,18-,19-,20-,21?,23?,24?/m1/s1. The number of methoxy groups -OCH3 is 1. The molecule has 4 bridgehead atoms. The van der Waals surface area contributed by atoms with E-state index in [0.29, 0.717) is 31.0 Å². The van der Waals surface area contributed by atoms with E-state index >= 15 is 0 Å². The highest BCUT2D eigenvalue weighted by Gasteiger charge is 2.57. The lowest BCUT2D eigenvalue weighted by molar-refractivity contribution is -0.298. The van der Waals surface area contributed by atoms with Crippen molar-refractivity contribution in [3.63, 3.8) is 0 Å². The molecule has 11 heteroatoms. The lowest BCUT2D eigenvalue weighted by atomic mass is 9.52. The first-order valence-electron chi connectivity index (χ1n) is 12.7. The highest BCUT2D eigenvalue weighted by Crippen LogP contribution is 2.56. The molecule has 2 unspecified atom stereocenters. The zero-order valence-electron chi connectivity index (χ0n) is 20.4. The molecule has 202 valence electrons. The van der Waals surface area contributed by atoms with Crippen molar-refractivity contribution >= 4 is 5.97 Å². The molecule has 4 saturated carbocycles. The summed E-state index contributed by atoms with van der Waals surface area (Å²) >= 11 is 0. The average Bonchev–Trinajstić information content (AvgIpc) is 2.78. The van der Waals surface area contributed by atoms with Crippen molar-refractivity contribution in [1.29, 1.82) is 0 Å². The van der Waals surface area contributed by atoms with Gasteiger partial charge in [-0.05, 0) is 56.3 Å². The Hall–Kier alpha value is -0.890. The first-order valence-corrected chi connectivity index (χ1v) is 12.7. The predicted octanol–water partition coefficient (Wildman–Crippen LogP) is -0.762. The van der Waals surface area contributed by atoms with E-state index in [2.05, 4.69) is 5.32 Å². The van der Waals surface area contributed by atoms with E-state index in [1.165, 1.54) is 19.3 Å². The topological polar surface area (TPSA) is 167 Å². The lowest BCUT2D eigenvalue weighted by Gasteiger charge is -2.59. The molecule has 0 aromatic rings. The van der Waals surface area contributed by atoms with E-state index in [1.54, 1.807) is 7.11 Å². The van der Waals surface area contributed by atoms with Gasteiger partial charge in [-0.25, -0.2) is 4.79 Å². The Morgan fingerprint density at radius 3 is 2.14 bits per heavy atom. The van der Waals surface area contributed by atoms with Crippen molar-refractivity contribution in [2.24, 2.45) is 17.8 Å². The van der Waals surface area contributed by atoms with Crippen LogP contribution in [0.4, 0.5) is 0 Å². The number of carboxylic acid groups (broad SMARTS) is 1. The summed E-state index contributed by atoms with van der Waals surface area (Å²) in [6.07, 6.45) is 0.335. The van der Waals surface area contributed by atoms with Crippen molar-refractivity contribution in [3.8, 4) is 0 Å². The third-order valence-electron chi connectivity index (χ3n) is 8.25. The number of ether oxygens (including phenoxy) is 4. The molecule has 0 aromatic heterocycles. The highest BCUT2D eigenvalue weighted by atomic mass is 16.7. The smallest absolute Gasteiger partial charge is 0.364 e. The van der Waals surface area contributed by atoms with Crippen molar-refractivity contribution in [3.05, 3.63) is 0 Å². The van der Waals surface area contributed by atoms with Crippen LogP contribution in [0.3, 0.4) is 0 Å². The van der Waals surface area contributed by atoms with Gasteiger partial charge in [-0.1, -0.05) is 0 Å². The molecule has 11 nitrogen and oxygen atoms in total. The first-order chi connectivity index (χ1) is 16.6. The summed E-state index contributed by atoms with van der Waals surface area (Å²) in [5.41, 5.74) is -0.221. The molecule has 35 heavy (non-hydrogen) atoms. The summed E-state index contributed by atoms with van der Waals surface area (Å²) in [4.78, 5) is 11.7. The Bertz CT molecular complexity index is 687. The Kier molecular flexibility index (Phi) is 8.72. The minimum Gasteiger partial charge on any atom is -0.477 e. The van der Waals surface area contributed by atoms with Gasteiger partial charge in [0.15, 0.2) is 0 Å². The van der Waals surface area contributed by atoms with E-state index < -0.39 is 48.6 Å². The van der Waals surface area contributed by atoms with E-state index in [4.69, 9.17) is 18.9 Å². The molecule has 4 aliphatic carbocycles. The fraction of sp³-hybridized carbons (Fsp3) is 0.958. The Morgan fingerprint density at radius 1 is 1.00 bits per heavy atom. The quantitative estimate of drug-likeness (QED) is 0.175. The first kappa shape index (κ1) is 27.2. The second-order valence-electron chi connectivity index (χ2n) is 11.0. The van der Waals surface area contributed by atoms with Crippen LogP contribution in [0.25, 0.3) is 0 Å². The van der Waals surface area contributed by atoms with Crippen LogP contribution in [0.2, 0.25) is 0 Å². The van der Waals surface area contributed by atoms with Gasteiger partial charge in [0.25, 0.3) is 5.79 Å². The largest absolute Gasteiger partial charge is 0.477 e. The SMILES string of the molecule is COCCOCCOC[C@@H](O)[C@@H](O)C1OC(O)(C(=O)O)C[C@@H](O)[C@H]1NC12CC3CC(CC(C3)C1)C2. The van der Waals surface area contributed by atoms with Crippen molar-refractivity contribution in [2.45, 2.75) is 86.7 Å². The van der Waals surface area contributed by atoms with Gasteiger partial charge >= 0.3 is 5.97 Å². The summed E-state index contributed by atoms with van der Waals surface area (Å²) in [6, 6.07) is -0.854. The molecule has 0 spiro atoms. The Morgan fingerprint density at radius 2 is 1.57 bits per heavy atom. The summed E-state index contributed by atoms with van der Waals surface area (Å²) in [5, 5.41) is 56.1. The van der Waals surface area contributed by atoms with Gasteiger partial charge < -0.3 is 49.8 Å². The third kappa shape index (κ3) is 6.16. The Balaban J connectivity index is 1.41. The molecule has 0 amide bonds. The maximum atomic E-state index is 11.7. The summed E-state index contributed by atoms with van der Waals surface area (Å²) in [7, 11) is 1.57. The Labute approximate surface area is 205 Å². The van der Waals surface area contributed by atoms with Gasteiger partial charge in [0.2, 0.25) is 0 Å². The van der Waals surface area contributed by atoms with Crippen LogP contribution in [0.1, 0.15) is 44.9 Å². The zero-order chi connectivity index (χ0) is 25.2. The summed E-state index contributed by atoms with van der Waals surface area (Å²) < 4.78 is 21.1. The molecular weight excluding hydrogens is 462 g/mol. The normalized spacial score (nSPS) is 42.2. The number of aliphatic hydroxyl groups is 4. The molecular formula is C24H41NO10. The second-order valence-corrected chi connectivity index (χ2v) is 11.0. The number of hydrogen-bond donors (Lipinski definition) is 6. The fourth-order valence-corrected chi connectivity index (χ4v) is 7.10. The fourth-order valence-electron chi connectivity index (χ4n) is 7.10. The molecule has 0 aromatic carbocycles. The van der Waals surface area contributed by atoms with Gasteiger partial charge in [0.1, 0.15) is 18.3 Å². The van der Waals surface area contributed by atoms with Crippen molar-refractivity contribution in [2.75, 3.05) is 40.1 Å². The van der Waals surface area contributed by atoms with Crippen LogP contribution in [-0.4, -0.2) is 113 Å².